The molecule has 108 valence electrons. The molecule has 1 rings (SSSR count). The molecule has 0 saturated carbocycles. The SMILES string of the molecule is COCCN(C)CCNC(C)c1ccc(OC)cc1. The van der Waals surface area contributed by atoms with Crippen LogP contribution in [-0.4, -0.2) is 52.4 Å². The first-order valence-corrected chi connectivity index (χ1v) is 6.72. The van der Waals surface area contributed by atoms with E-state index in [9.17, 15) is 0 Å². The quantitative estimate of drug-likeness (QED) is 0.740. The van der Waals surface area contributed by atoms with E-state index >= 15 is 0 Å². The van der Waals surface area contributed by atoms with Gasteiger partial charge in [-0.15, -0.1) is 0 Å². The maximum Gasteiger partial charge on any atom is 0.118 e. The third-order valence-corrected chi connectivity index (χ3v) is 3.24. The summed E-state index contributed by atoms with van der Waals surface area (Å²) in [5.74, 6) is 0.898. The minimum Gasteiger partial charge on any atom is -0.497 e. The van der Waals surface area contributed by atoms with Gasteiger partial charge < -0.3 is 19.7 Å². The molecule has 0 fully saturated rings. The minimum atomic E-state index is 0.349. The Kier molecular flexibility index (Phi) is 7.48. The highest BCUT2D eigenvalue weighted by molar-refractivity contribution is 5.28. The Hall–Kier alpha value is -1.10. The lowest BCUT2D eigenvalue weighted by Crippen LogP contribution is -2.32. The molecule has 0 aliphatic carbocycles. The zero-order valence-corrected chi connectivity index (χ0v) is 12.5. The van der Waals surface area contributed by atoms with Crippen molar-refractivity contribution in [2.45, 2.75) is 13.0 Å². The van der Waals surface area contributed by atoms with E-state index in [0.717, 1.165) is 32.0 Å². The molecule has 0 bridgehead atoms. The van der Waals surface area contributed by atoms with Crippen molar-refractivity contribution >= 4 is 0 Å². The normalized spacial score (nSPS) is 12.7. The number of nitrogens with one attached hydrogen (secondary N) is 1. The van der Waals surface area contributed by atoms with Gasteiger partial charge in [-0.3, -0.25) is 0 Å². The molecule has 1 N–H and O–H groups in total. The van der Waals surface area contributed by atoms with Crippen LogP contribution in [0.1, 0.15) is 18.5 Å². The largest absolute Gasteiger partial charge is 0.497 e. The molecule has 4 nitrogen and oxygen atoms in total. The molecule has 1 unspecified atom stereocenters. The fraction of sp³-hybridized carbons (Fsp3) is 0.600. The van der Waals surface area contributed by atoms with Crippen molar-refractivity contribution < 1.29 is 9.47 Å². The molecule has 1 atom stereocenters. The fourth-order valence-corrected chi connectivity index (χ4v) is 1.84. The summed E-state index contributed by atoms with van der Waals surface area (Å²) < 4.78 is 10.2. The smallest absolute Gasteiger partial charge is 0.118 e. The Bertz CT molecular complexity index is 341. The Morgan fingerprint density at radius 3 is 2.42 bits per heavy atom. The summed E-state index contributed by atoms with van der Waals surface area (Å²) in [7, 11) is 5.53. The molecule has 0 aliphatic heterocycles. The summed E-state index contributed by atoms with van der Waals surface area (Å²) in [5, 5.41) is 3.52. The third kappa shape index (κ3) is 6.05. The van der Waals surface area contributed by atoms with Gasteiger partial charge in [-0.1, -0.05) is 12.1 Å². The van der Waals surface area contributed by atoms with Gasteiger partial charge in [0.15, 0.2) is 0 Å². The number of likely N-dealkylation sites (N-methyl/N-ethyl adjacent to an activating group) is 1. The summed E-state index contributed by atoms with van der Waals surface area (Å²) in [6.45, 7) is 5.91. The molecule has 0 spiro atoms. The number of hydrogen-bond donors (Lipinski definition) is 1. The van der Waals surface area contributed by atoms with E-state index in [0.29, 0.717) is 6.04 Å². The highest BCUT2D eigenvalue weighted by Crippen LogP contribution is 2.16. The van der Waals surface area contributed by atoms with Gasteiger partial charge in [-0.2, -0.15) is 0 Å². The number of rotatable bonds is 9. The maximum atomic E-state index is 5.16. The molecule has 0 aliphatic rings. The standard InChI is InChI=1S/C15H26N2O2/c1-13(14-5-7-15(19-4)8-6-14)16-9-10-17(2)11-12-18-3/h5-8,13,16H,9-12H2,1-4H3. The van der Waals surface area contributed by atoms with Crippen molar-refractivity contribution in [2.24, 2.45) is 0 Å². The summed E-state index contributed by atoms with van der Waals surface area (Å²) in [6.07, 6.45) is 0. The average molecular weight is 266 g/mol. The van der Waals surface area contributed by atoms with Crippen LogP contribution in [0.3, 0.4) is 0 Å². The van der Waals surface area contributed by atoms with Crippen LogP contribution in [0, 0.1) is 0 Å². The molecule has 4 heteroatoms. The van der Waals surface area contributed by atoms with E-state index in [2.05, 4.69) is 36.3 Å². The van der Waals surface area contributed by atoms with Gasteiger partial charge in [0.2, 0.25) is 0 Å². The summed E-state index contributed by atoms with van der Waals surface area (Å²) in [5.41, 5.74) is 1.28. The van der Waals surface area contributed by atoms with Crippen molar-refractivity contribution in [3.63, 3.8) is 0 Å². The second kappa shape index (κ2) is 8.91. The number of benzene rings is 1. The van der Waals surface area contributed by atoms with E-state index in [1.165, 1.54) is 5.56 Å². The number of methoxy groups -OCH3 is 2. The van der Waals surface area contributed by atoms with Crippen molar-refractivity contribution in [3.8, 4) is 5.75 Å². The Morgan fingerprint density at radius 1 is 1.16 bits per heavy atom. The molecule has 0 heterocycles. The van der Waals surface area contributed by atoms with E-state index in [-0.39, 0.29) is 0 Å². The lowest BCUT2D eigenvalue weighted by molar-refractivity contribution is 0.161. The monoisotopic (exact) mass is 266 g/mol. The first-order chi connectivity index (χ1) is 9.17. The van der Waals surface area contributed by atoms with E-state index < -0.39 is 0 Å². The van der Waals surface area contributed by atoms with E-state index in [1.54, 1.807) is 14.2 Å². The van der Waals surface area contributed by atoms with Gasteiger partial charge in [-0.25, -0.2) is 0 Å². The van der Waals surface area contributed by atoms with Crippen molar-refractivity contribution in [2.75, 3.05) is 47.5 Å². The number of hydrogen-bond acceptors (Lipinski definition) is 4. The van der Waals surface area contributed by atoms with Crippen LogP contribution < -0.4 is 10.1 Å². The van der Waals surface area contributed by atoms with E-state index in [4.69, 9.17) is 9.47 Å². The fourth-order valence-electron chi connectivity index (χ4n) is 1.84. The molecule has 0 saturated heterocycles. The number of nitrogens with zero attached hydrogens (tertiary/aromatic N) is 1. The van der Waals surface area contributed by atoms with Crippen LogP contribution in [0.5, 0.6) is 5.75 Å². The predicted molar refractivity (Wildman–Crippen MR) is 78.8 cm³/mol. The molecule has 0 radical (unpaired) electrons. The van der Waals surface area contributed by atoms with Crippen LogP contribution in [0.25, 0.3) is 0 Å². The van der Waals surface area contributed by atoms with Gasteiger partial charge >= 0.3 is 0 Å². The Balaban J connectivity index is 2.28. The van der Waals surface area contributed by atoms with Gasteiger partial charge in [-0.05, 0) is 31.7 Å². The van der Waals surface area contributed by atoms with Crippen LogP contribution in [0.4, 0.5) is 0 Å². The predicted octanol–water partition coefficient (Wildman–Crippen LogP) is 1.92. The molecule has 1 aromatic rings. The van der Waals surface area contributed by atoms with Gasteiger partial charge in [0.05, 0.1) is 13.7 Å². The lowest BCUT2D eigenvalue weighted by Gasteiger charge is -2.19. The maximum absolute atomic E-state index is 5.16. The zero-order valence-electron chi connectivity index (χ0n) is 12.5. The molecular formula is C15H26N2O2. The molecule has 1 aromatic carbocycles. The highest BCUT2D eigenvalue weighted by atomic mass is 16.5. The van der Waals surface area contributed by atoms with Crippen LogP contribution >= 0.6 is 0 Å². The van der Waals surface area contributed by atoms with Crippen LogP contribution in [0.15, 0.2) is 24.3 Å². The minimum absolute atomic E-state index is 0.349. The van der Waals surface area contributed by atoms with Gasteiger partial charge in [0.25, 0.3) is 0 Å². The van der Waals surface area contributed by atoms with Gasteiger partial charge in [0.1, 0.15) is 5.75 Å². The molecule has 0 aromatic heterocycles. The van der Waals surface area contributed by atoms with Crippen molar-refractivity contribution in [1.29, 1.82) is 0 Å². The summed E-state index contributed by atoms with van der Waals surface area (Å²) in [4.78, 5) is 2.26. The summed E-state index contributed by atoms with van der Waals surface area (Å²) in [6, 6.07) is 8.55. The second-order valence-corrected chi connectivity index (χ2v) is 4.75. The Morgan fingerprint density at radius 2 is 1.84 bits per heavy atom. The summed E-state index contributed by atoms with van der Waals surface area (Å²) >= 11 is 0. The zero-order chi connectivity index (χ0) is 14.1. The molecule has 0 amide bonds. The first kappa shape index (κ1) is 16.0. The molecular weight excluding hydrogens is 240 g/mol. The lowest BCUT2D eigenvalue weighted by atomic mass is 10.1. The van der Waals surface area contributed by atoms with Crippen LogP contribution in [-0.2, 0) is 4.74 Å². The third-order valence-electron chi connectivity index (χ3n) is 3.24. The van der Waals surface area contributed by atoms with Crippen molar-refractivity contribution in [3.05, 3.63) is 29.8 Å². The number of ether oxygens (including phenoxy) is 2. The van der Waals surface area contributed by atoms with Crippen molar-refractivity contribution in [1.82, 2.24) is 10.2 Å². The molecule has 19 heavy (non-hydrogen) atoms. The van der Waals surface area contributed by atoms with Crippen LogP contribution in [0.2, 0.25) is 0 Å². The second-order valence-electron chi connectivity index (χ2n) is 4.75. The van der Waals surface area contributed by atoms with E-state index in [1.807, 2.05) is 12.1 Å². The average Bonchev–Trinajstić information content (AvgIpc) is 2.45. The Labute approximate surface area is 116 Å². The first-order valence-electron chi connectivity index (χ1n) is 6.72. The van der Waals surface area contributed by atoms with Gasteiger partial charge in [0, 0.05) is 32.8 Å². The highest BCUT2D eigenvalue weighted by Gasteiger charge is 2.05. The topological polar surface area (TPSA) is 33.7 Å².